The summed E-state index contributed by atoms with van der Waals surface area (Å²) in [6.07, 6.45) is 0.515. The van der Waals surface area contributed by atoms with Crippen molar-refractivity contribution in [2.24, 2.45) is 0 Å². The van der Waals surface area contributed by atoms with Crippen molar-refractivity contribution in [2.75, 3.05) is 32.0 Å². The summed E-state index contributed by atoms with van der Waals surface area (Å²) in [5.41, 5.74) is 1.04. The molecule has 6 heteroatoms. The number of amides is 1. The molecule has 3 nitrogen and oxygen atoms in total. The van der Waals surface area contributed by atoms with Gasteiger partial charge in [0.25, 0.3) is 0 Å². The quantitative estimate of drug-likeness (QED) is 0.749. The zero-order valence-electron chi connectivity index (χ0n) is 11.3. The number of likely N-dealkylation sites (N-methyl/N-ethyl adjacent to an activating group) is 1. The van der Waals surface area contributed by atoms with Crippen LogP contribution in [-0.4, -0.2) is 47.7 Å². The molecule has 1 fully saturated rings. The Morgan fingerprint density at radius 1 is 1.35 bits per heavy atom. The largest absolute Gasteiger partial charge is 0.333 e. The van der Waals surface area contributed by atoms with Crippen LogP contribution in [0, 0.1) is 0 Å². The zero-order valence-corrected chi connectivity index (χ0v) is 14.4. The summed E-state index contributed by atoms with van der Waals surface area (Å²) in [5.74, 6) is 0.172. The first-order valence-corrected chi connectivity index (χ1v) is 8.39. The number of carbonyl (C=O) groups is 1. The minimum absolute atomic E-state index is 0.0371. The second-order valence-electron chi connectivity index (χ2n) is 4.98. The van der Waals surface area contributed by atoms with Gasteiger partial charge in [-0.3, -0.25) is 4.79 Å². The lowest BCUT2D eigenvalue weighted by Gasteiger charge is -2.40. The zero-order chi connectivity index (χ0) is 14.7. The molecule has 1 aromatic rings. The molecule has 1 amide bonds. The van der Waals surface area contributed by atoms with Gasteiger partial charge in [-0.2, -0.15) is 0 Å². The van der Waals surface area contributed by atoms with Crippen LogP contribution in [0.5, 0.6) is 0 Å². The van der Waals surface area contributed by atoms with E-state index < -0.39 is 0 Å². The number of benzene rings is 1. The molecule has 1 unspecified atom stereocenters. The number of halogens is 3. The number of alkyl halides is 1. The van der Waals surface area contributed by atoms with Crippen molar-refractivity contribution in [1.82, 2.24) is 9.80 Å². The van der Waals surface area contributed by atoms with Gasteiger partial charge in [0.2, 0.25) is 5.91 Å². The van der Waals surface area contributed by atoms with Crippen molar-refractivity contribution in [3.8, 4) is 0 Å². The van der Waals surface area contributed by atoms with Crippen LogP contribution in [-0.2, 0) is 4.79 Å². The van der Waals surface area contributed by atoms with Gasteiger partial charge in [-0.25, -0.2) is 0 Å². The number of hydrogen-bond donors (Lipinski definition) is 0. The third-order valence-corrected chi connectivity index (χ3v) is 4.68. The molecule has 0 aliphatic carbocycles. The van der Waals surface area contributed by atoms with Crippen molar-refractivity contribution in [3.05, 3.63) is 33.8 Å². The first-order chi connectivity index (χ1) is 9.52. The van der Waals surface area contributed by atoms with Gasteiger partial charge in [0, 0.05) is 31.4 Å². The van der Waals surface area contributed by atoms with Crippen LogP contribution in [0.4, 0.5) is 0 Å². The number of nitrogens with zero attached hydrogens (tertiary/aromatic N) is 2. The lowest BCUT2D eigenvalue weighted by molar-refractivity contribution is -0.135. The van der Waals surface area contributed by atoms with E-state index in [0.29, 0.717) is 21.8 Å². The second kappa shape index (κ2) is 7.12. The molecular weight excluding hydrogens is 363 g/mol. The highest BCUT2D eigenvalue weighted by atomic mass is 79.9. The van der Waals surface area contributed by atoms with Gasteiger partial charge in [-0.15, -0.1) is 0 Å². The molecular formula is C14H17BrCl2N2O. The van der Waals surface area contributed by atoms with Crippen LogP contribution in [0.25, 0.3) is 0 Å². The maximum Gasteiger partial charge on any atom is 0.224 e. The Morgan fingerprint density at radius 2 is 2.10 bits per heavy atom. The Bertz CT molecular complexity index is 498. The Morgan fingerprint density at radius 3 is 2.75 bits per heavy atom. The summed E-state index contributed by atoms with van der Waals surface area (Å²) < 4.78 is 0. The van der Waals surface area contributed by atoms with E-state index in [1.54, 1.807) is 6.07 Å². The topological polar surface area (TPSA) is 23.6 Å². The molecule has 0 N–H and O–H groups in total. The number of hydrogen-bond acceptors (Lipinski definition) is 2. The van der Waals surface area contributed by atoms with Crippen LogP contribution < -0.4 is 0 Å². The summed E-state index contributed by atoms with van der Waals surface area (Å²) in [7, 11) is 2.07. The minimum atomic E-state index is 0.0371. The molecule has 1 saturated heterocycles. The standard InChI is InChI=1S/C14H17BrCl2N2O/c1-18-6-7-19(14(20)4-5-15)13(9-18)10-2-3-11(16)12(17)8-10/h2-3,8,13H,4-7,9H2,1H3. The highest BCUT2D eigenvalue weighted by molar-refractivity contribution is 9.09. The van der Waals surface area contributed by atoms with Crippen LogP contribution in [0.1, 0.15) is 18.0 Å². The summed E-state index contributed by atoms with van der Waals surface area (Å²) in [4.78, 5) is 16.4. The molecule has 0 bridgehead atoms. The van der Waals surface area contributed by atoms with Crippen molar-refractivity contribution in [3.63, 3.8) is 0 Å². The van der Waals surface area contributed by atoms with Gasteiger partial charge >= 0.3 is 0 Å². The number of rotatable bonds is 3. The van der Waals surface area contributed by atoms with E-state index in [9.17, 15) is 4.79 Å². The summed E-state index contributed by atoms with van der Waals surface area (Å²) in [6.45, 7) is 2.45. The van der Waals surface area contributed by atoms with Gasteiger partial charge in [-0.1, -0.05) is 45.2 Å². The van der Waals surface area contributed by atoms with Gasteiger partial charge in [0.05, 0.1) is 16.1 Å². The molecule has 110 valence electrons. The molecule has 0 spiro atoms. The first-order valence-electron chi connectivity index (χ1n) is 6.52. The van der Waals surface area contributed by atoms with Gasteiger partial charge in [0.1, 0.15) is 0 Å². The van der Waals surface area contributed by atoms with E-state index in [1.807, 2.05) is 17.0 Å². The number of piperazine rings is 1. The normalized spacial score (nSPS) is 20.2. The van der Waals surface area contributed by atoms with Crippen molar-refractivity contribution in [1.29, 1.82) is 0 Å². The van der Waals surface area contributed by atoms with E-state index in [4.69, 9.17) is 23.2 Å². The molecule has 20 heavy (non-hydrogen) atoms. The Hall–Kier alpha value is -0.290. The molecule has 0 saturated carbocycles. The van der Waals surface area contributed by atoms with E-state index in [-0.39, 0.29) is 11.9 Å². The lowest BCUT2D eigenvalue weighted by Crippen LogP contribution is -2.49. The summed E-state index contributed by atoms with van der Waals surface area (Å²) in [5, 5.41) is 1.76. The van der Waals surface area contributed by atoms with Gasteiger partial charge in [0.15, 0.2) is 0 Å². The highest BCUT2D eigenvalue weighted by Crippen LogP contribution is 2.30. The molecule has 1 aliphatic heterocycles. The van der Waals surface area contributed by atoms with E-state index >= 15 is 0 Å². The van der Waals surface area contributed by atoms with Crippen LogP contribution >= 0.6 is 39.1 Å². The fourth-order valence-corrected chi connectivity index (χ4v) is 3.09. The third kappa shape index (κ3) is 3.67. The van der Waals surface area contributed by atoms with E-state index in [1.165, 1.54) is 0 Å². The molecule has 1 aromatic carbocycles. The maximum absolute atomic E-state index is 12.3. The number of carbonyl (C=O) groups excluding carboxylic acids is 1. The highest BCUT2D eigenvalue weighted by Gasteiger charge is 2.30. The smallest absolute Gasteiger partial charge is 0.224 e. The van der Waals surface area contributed by atoms with Gasteiger partial charge < -0.3 is 9.80 Å². The summed E-state index contributed by atoms with van der Waals surface area (Å²) in [6, 6.07) is 5.64. The lowest BCUT2D eigenvalue weighted by atomic mass is 10.0. The SMILES string of the molecule is CN1CCN(C(=O)CCBr)C(c2ccc(Cl)c(Cl)c2)C1. The average Bonchev–Trinajstić information content (AvgIpc) is 2.42. The fraction of sp³-hybridized carbons (Fsp3) is 0.500. The molecule has 0 radical (unpaired) electrons. The molecule has 1 heterocycles. The van der Waals surface area contributed by atoms with Crippen LogP contribution in [0.3, 0.4) is 0 Å². The predicted octanol–water partition coefficient (Wildman–Crippen LogP) is 3.59. The molecule has 1 aliphatic rings. The average molecular weight is 380 g/mol. The fourth-order valence-electron chi connectivity index (χ4n) is 2.45. The maximum atomic E-state index is 12.3. The second-order valence-corrected chi connectivity index (χ2v) is 6.59. The Balaban J connectivity index is 2.27. The van der Waals surface area contributed by atoms with E-state index in [2.05, 4.69) is 27.9 Å². The van der Waals surface area contributed by atoms with Gasteiger partial charge in [-0.05, 0) is 24.7 Å². The molecule has 2 rings (SSSR count). The minimum Gasteiger partial charge on any atom is -0.333 e. The molecule has 1 atom stereocenters. The van der Waals surface area contributed by atoms with Crippen molar-refractivity contribution >= 4 is 45.0 Å². The van der Waals surface area contributed by atoms with Crippen molar-refractivity contribution < 1.29 is 4.79 Å². The monoisotopic (exact) mass is 378 g/mol. The molecule has 0 aromatic heterocycles. The Kier molecular flexibility index (Phi) is 5.73. The summed E-state index contributed by atoms with van der Waals surface area (Å²) >= 11 is 15.4. The van der Waals surface area contributed by atoms with E-state index in [0.717, 1.165) is 25.2 Å². The van der Waals surface area contributed by atoms with Crippen LogP contribution in [0.2, 0.25) is 10.0 Å². The predicted molar refractivity (Wildman–Crippen MR) is 86.8 cm³/mol. The first kappa shape index (κ1) is 16.1. The Labute approximate surface area is 138 Å². The van der Waals surface area contributed by atoms with Crippen molar-refractivity contribution in [2.45, 2.75) is 12.5 Å². The van der Waals surface area contributed by atoms with Crippen LogP contribution in [0.15, 0.2) is 18.2 Å². The third-order valence-electron chi connectivity index (χ3n) is 3.54.